The van der Waals surface area contributed by atoms with E-state index in [1.807, 2.05) is 0 Å². The monoisotopic (exact) mass is 439 g/mol. The summed E-state index contributed by atoms with van der Waals surface area (Å²) in [6, 6.07) is 0.461. The second-order valence-electron chi connectivity index (χ2n) is 12.6. The number of fused-ring (bicyclic) bond motifs is 6. The molecule has 2 heterocycles. The molecule has 0 amide bonds. The summed E-state index contributed by atoms with van der Waals surface area (Å²) in [6.45, 7) is 10.4. The zero-order chi connectivity index (χ0) is 22.6. The van der Waals surface area contributed by atoms with Gasteiger partial charge in [-0.3, -0.25) is 4.79 Å². The molecule has 0 radical (unpaired) electrons. The lowest BCUT2D eigenvalue weighted by Gasteiger charge is -2.48. The quantitative estimate of drug-likeness (QED) is 0.564. The van der Waals surface area contributed by atoms with E-state index in [-0.39, 0.29) is 29.1 Å². The van der Waals surface area contributed by atoms with Crippen LogP contribution in [0.4, 0.5) is 0 Å². The summed E-state index contributed by atoms with van der Waals surface area (Å²) in [5, 5.41) is 10.3. The third kappa shape index (κ3) is 2.64. The smallest absolute Gasteiger partial charge is 0.163 e. The fraction of sp³-hybridized carbons (Fsp3) is 0.821. The zero-order valence-corrected chi connectivity index (χ0v) is 20.6. The molecule has 6 aliphatic rings. The van der Waals surface area contributed by atoms with Crippen molar-refractivity contribution in [1.82, 2.24) is 4.90 Å². The van der Waals surface area contributed by atoms with Crippen LogP contribution in [0.15, 0.2) is 22.8 Å². The highest BCUT2D eigenvalue weighted by atomic mass is 16.5. The van der Waals surface area contributed by atoms with Gasteiger partial charge >= 0.3 is 0 Å². The largest absolute Gasteiger partial charge is 0.393 e. The number of Topliss-reactive ketones (excluding diaryl/α,β-unsaturated/α-hetero) is 1. The van der Waals surface area contributed by atoms with Crippen molar-refractivity contribution in [2.24, 2.45) is 35.0 Å². The average Bonchev–Trinajstić information content (AvgIpc) is 3.18. The molecular formula is C28H41NO3. The van der Waals surface area contributed by atoms with Crippen molar-refractivity contribution >= 4 is 5.78 Å². The number of carbonyl (C=O) groups is 1. The van der Waals surface area contributed by atoms with Gasteiger partial charge in [-0.25, -0.2) is 0 Å². The molecule has 0 aromatic heterocycles. The molecule has 10 atom stereocenters. The normalized spacial score (nSPS) is 53.1. The lowest BCUT2D eigenvalue weighted by molar-refractivity contribution is -0.123. The van der Waals surface area contributed by atoms with Crippen LogP contribution in [0.3, 0.4) is 0 Å². The molecule has 176 valence electrons. The second kappa shape index (κ2) is 7.02. The predicted molar refractivity (Wildman–Crippen MR) is 125 cm³/mol. The zero-order valence-electron chi connectivity index (χ0n) is 20.6. The molecule has 2 aliphatic heterocycles. The van der Waals surface area contributed by atoms with E-state index >= 15 is 0 Å². The van der Waals surface area contributed by atoms with Gasteiger partial charge < -0.3 is 14.7 Å². The number of ether oxygens (including phenoxy) is 1. The molecule has 2 saturated heterocycles. The van der Waals surface area contributed by atoms with Crippen molar-refractivity contribution in [1.29, 1.82) is 0 Å². The minimum absolute atomic E-state index is 0.0667. The van der Waals surface area contributed by atoms with Gasteiger partial charge in [0, 0.05) is 30.0 Å². The Morgan fingerprint density at radius 1 is 1.22 bits per heavy atom. The van der Waals surface area contributed by atoms with Crippen LogP contribution in [-0.2, 0) is 9.53 Å². The Morgan fingerprint density at radius 2 is 2.00 bits per heavy atom. The van der Waals surface area contributed by atoms with Gasteiger partial charge in [-0.2, -0.15) is 0 Å². The van der Waals surface area contributed by atoms with E-state index in [1.165, 1.54) is 11.1 Å². The van der Waals surface area contributed by atoms with Crippen LogP contribution in [0.25, 0.3) is 0 Å². The first-order valence-electron chi connectivity index (χ1n) is 13.2. The van der Waals surface area contributed by atoms with Gasteiger partial charge in [0.1, 0.15) is 0 Å². The molecule has 1 N–H and O–H groups in total. The van der Waals surface area contributed by atoms with Crippen LogP contribution in [0.5, 0.6) is 0 Å². The molecule has 7 unspecified atom stereocenters. The fourth-order valence-electron chi connectivity index (χ4n) is 9.53. The maximum absolute atomic E-state index is 14.2. The highest BCUT2D eigenvalue weighted by molar-refractivity contribution is 6.02. The first-order valence-corrected chi connectivity index (χ1v) is 13.2. The van der Waals surface area contributed by atoms with Gasteiger partial charge in [0.15, 0.2) is 5.78 Å². The first kappa shape index (κ1) is 21.6. The summed E-state index contributed by atoms with van der Waals surface area (Å²) in [7, 11) is 2.27. The van der Waals surface area contributed by atoms with E-state index in [2.05, 4.69) is 45.7 Å². The molecule has 32 heavy (non-hydrogen) atoms. The molecule has 0 aromatic rings. The summed E-state index contributed by atoms with van der Waals surface area (Å²) in [5.41, 5.74) is 3.45. The number of ketones is 1. The van der Waals surface area contributed by atoms with Crippen LogP contribution in [0.1, 0.15) is 72.6 Å². The number of hydrogen-bond acceptors (Lipinski definition) is 4. The lowest BCUT2D eigenvalue weighted by atomic mass is 9.56. The number of nitrogens with zero attached hydrogens (tertiary/aromatic N) is 1. The molecule has 6 rings (SSSR count). The van der Waals surface area contributed by atoms with Crippen LogP contribution in [0, 0.1) is 35.0 Å². The van der Waals surface area contributed by atoms with Crippen molar-refractivity contribution in [3.63, 3.8) is 0 Å². The predicted octanol–water partition coefficient (Wildman–Crippen LogP) is 4.52. The van der Waals surface area contributed by atoms with E-state index in [9.17, 15) is 9.90 Å². The molecule has 0 bridgehead atoms. The van der Waals surface area contributed by atoms with E-state index in [4.69, 9.17) is 4.74 Å². The minimum atomic E-state index is -0.261. The molecule has 4 heteroatoms. The van der Waals surface area contributed by atoms with Gasteiger partial charge in [-0.15, -0.1) is 0 Å². The van der Waals surface area contributed by atoms with Crippen LogP contribution < -0.4 is 0 Å². The molecule has 1 spiro atoms. The fourth-order valence-corrected chi connectivity index (χ4v) is 9.53. The van der Waals surface area contributed by atoms with E-state index in [0.29, 0.717) is 35.5 Å². The Bertz CT molecular complexity index is 906. The van der Waals surface area contributed by atoms with Gasteiger partial charge in [-0.05, 0) is 87.7 Å². The number of piperidine rings is 1. The SMILES string of the molecule is CC1=C2C(=O)C3C(CC=C4CC(O)CCC43C)C2CC[C@]12O[C@@H]1CC(C)CN(C)[C@H]1C2C. The molecule has 4 aliphatic carbocycles. The van der Waals surface area contributed by atoms with Crippen LogP contribution in [0.2, 0.25) is 0 Å². The number of aliphatic hydroxyl groups excluding tert-OH is 1. The summed E-state index contributed by atoms with van der Waals surface area (Å²) in [5.74, 6) is 2.44. The van der Waals surface area contributed by atoms with E-state index in [1.54, 1.807) is 0 Å². The highest BCUT2D eigenvalue weighted by Crippen LogP contribution is 2.64. The summed E-state index contributed by atoms with van der Waals surface area (Å²) in [6.07, 6.45) is 9.27. The standard InChI is InChI=1S/C28H41NO3/c1-15-12-22-25(29(5)14-15)17(3)28(32-22)11-9-20-21-7-6-18-13-19(30)8-10-27(18,4)24(21)26(31)23(20)16(28)2/h6,15,17,19-22,24-25,30H,7-14H2,1-5H3/t15?,17?,19?,20?,21?,22-,24?,25+,27?,28+/m1/s1. The first-order chi connectivity index (χ1) is 15.2. The number of allylic oxidation sites excluding steroid dienone is 2. The van der Waals surface area contributed by atoms with Crippen molar-refractivity contribution in [3.8, 4) is 0 Å². The molecule has 4 fully saturated rings. The highest BCUT2D eigenvalue weighted by Gasteiger charge is 2.63. The molecule has 2 saturated carbocycles. The topological polar surface area (TPSA) is 49.8 Å². The average molecular weight is 440 g/mol. The number of likely N-dealkylation sites (N-methyl/N-ethyl adjacent to an activating group) is 1. The number of likely N-dealkylation sites (tertiary alicyclic amines) is 1. The number of hydrogen-bond donors (Lipinski definition) is 1. The van der Waals surface area contributed by atoms with Crippen molar-refractivity contribution < 1.29 is 14.6 Å². The molecular weight excluding hydrogens is 398 g/mol. The van der Waals surface area contributed by atoms with Crippen LogP contribution in [-0.4, -0.2) is 53.2 Å². The number of carbonyl (C=O) groups excluding carboxylic acids is 1. The van der Waals surface area contributed by atoms with Crippen molar-refractivity contribution in [2.75, 3.05) is 13.6 Å². The number of rotatable bonds is 0. The second-order valence-corrected chi connectivity index (χ2v) is 12.6. The third-order valence-corrected chi connectivity index (χ3v) is 11.0. The maximum atomic E-state index is 14.2. The lowest BCUT2D eigenvalue weighted by Crippen LogP contribution is -2.50. The van der Waals surface area contributed by atoms with E-state index < -0.39 is 0 Å². The Hall–Kier alpha value is -0.970. The van der Waals surface area contributed by atoms with Gasteiger partial charge in [-0.1, -0.05) is 32.4 Å². The summed E-state index contributed by atoms with van der Waals surface area (Å²) < 4.78 is 7.02. The van der Waals surface area contributed by atoms with Gasteiger partial charge in [0.2, 0.25) is 0 Å². The van der Waals surface area contributed by atoms with Crippen molar-refractivity contribution in [2.45, 2.75) is 96.5 Å². The van der Waals surface area contributed by atoms with Gasteiger partial charge in [0.25, 0.3) is 0 Å². The Kier molecular flexibility index (Phi) is 4.73. The van der Waals surface area contributed by atoms with Crippen molar-refractivity contribution in [3.05, 3.63) is 22.8 Å². The third-order valence-electron chi connectivity index (χ3n) is 11.0. The van der Waals surface area contributed by atoms with E-state index in [0.717, 1.165) is 57.1 Å². The Labute approximate surface area is 193 Å². The molecule has 4 nitrogen and oxygen atoms in total. The molecule has 0 aromatic carbocycles. The number of aliphatic hydroxyl groups is 1. The Balaban J connectivity index is 1.39. The summed E-state index contributed by atoms with van der Waals surface area (Å²) in [4.78, 5) is 16.7. The Morgan fingerprint density at radius 3 is 2.78 bits per heavy atom. The summed E-state index contributed by atoms with van der Waals surface area (Å²) >= 11 is 0. The maximum Gasteiger partial charge on any atom is 0.163 e. The van der Waals surface area contributed by atoms with Crippen LogP contribution >= 0.6 is 0 Å². The van der Waals surface area contributed by atoms with Gasteiger partial charge in [0.05, 0.1) is 17.8 Å². The minimum Gasteiger partial charge on any atom is -0.393 e.